The van der Waals surface area contributed by atoms with Gasteiger partial charge >= 0.3 is 11.9 Å². The molecule has 1 N–H and O–H groups in total. The molecule has 0 radical (unpaired) electrons. The van der Waals surface area contributed by atoms with E-state index in [4.69, 9.17) is 9.47 Å². The maximum atomic E-state index is 12.1. The number of phenols is 1. The van der Waals surface area contributed by atoms with Crippen molar-refractivity contribution >= 4 is 23.7 Å². The van der Waals surface area contributed by atoms with Gasteiger partial charge in [-0.1, -0.05) is 163 Å². The van der Waals surface area contributed by atoms with E-state index in [0.29, 0.717) is 31.8 Å². The summed E-state index contributed by atoms with van der Waals surface area (Å²) >= 11 is 1.65. The van der Waals surface area contributed by atoms with Crippen molar-refractivity contribution in [1.29, 1.82) is 0 Å². The van der Waals surface area contributed by atoms with Gasteiger partial charge in [-0.25, -0.2) is 0 Å². The van der Waals surface area contributed by atoms with Crippen LogP contribution in [0.25, 0.3) is 0 Å². The SMILES string of the molecule is CCCCCCCCCCCCCCCCCC(=O)OCCSCCOC(=O)CCCCCCc1cc(C(C)(C)C)c(O)c(C(C)(C)C)c1. The first-order valence-electron chi connectivity index (χ1n) is 20.1. The number of unbranched alkanes of at least 4 members (excludes halogenated alkanes) is 17. The monoisotopic (exact) mass is 705 g/mol. The molecule has 0 heterocycles. The van der Waals surface area contributed by atoms with Gasteiger partial charge in [-0.05, 0) is 53.2 Å². The van der Waals surface area contributed by atoms with Crippen LogP contribution in [0.15, 0.2) is 12.1 Å². The van der Waals surface area contributed by atoms with Crippen LogP contribution in [0.2, 0.25) is 0 Å². The third-order valence-electron chi connectivity index (χ3n) is 9.35. The second kappa shape index (κ2) is 27.0. The third kappa shape index (κ3) is 23.4. The molecule has 5 nitrogen and oxygen atoms in total. The highest BCUT2D eigenvalue weighted by molar-refractivity contribution is 7.99. The zero-order chi connectivity index (χ0) is 36.4. The lowest BCUT2D eigenvalue weighted by atomic mass is 9.78. The molecule has 1 rings (SSSR count). The van der Waals surface area contributed by atoms with Crippen LogP contribution >= 0.6 is 11.8 Å². The standard InChI is InChI=1S/C43H76O5S/c1-8-9-10-11-12-13-14-15-16-17-18-19-20-21-25-28-39(44)47-30-32-49-33-31-48-40(45)29-26-23-22-24-27-36-34-37(42(2,3)4)41(46)38(35-36)43(5,6)7/h34-35,46H,8-33H2,1-7H3. The van der Waals surface area contributed by atoms with Gasteiger partial charge in [0.2, 0.25) is 0 Å². The summed E-state index contributed by atoms with van der Waals surface area (Å²) in [5, 5.41) is 10.9. The van der Waals surface area contributed by atoms with Gasteiger partial charge in [0.1, 0.15) is 19.0 Å². The largest absolute Gasteiger partial charge is 0.507 e. The van der Waals surface area contributed by atoms with Gasteiger partial charge in [0.25, 0.3) is 0 Å². The molecule has 0 amide bonds. The fourth-order valence-corrected chi connectivity index (χ4v) is 6.86. The molecule has 1 aromatic carbocycles. The molecule has 0 bridgehead atoms. The third-order valence-corrected chi connectivity index (χ3v) is 10.3. The Hall–Kier alpha value is -1.69. The fourth-order valence-electron chi connectivity index (χ4n) is 6.25. The number of carbonyl (C=O) groups excluding carboxylic acids is 2. The van der Waals surface area contributed by atoms with E-state index in [0.717, 1.165) is 67.6 Å². The summed E-state index contributed by atoms with van der Waals surface area (Å²) in [6.07, 6.45) is 25.7. The molecule has 0 aliphatic rings. The van der Waals surface area contributed by atoms with E-state index < -0.39 is 0 Å². The Morgan fingerprint density at radius 3 is 1.29 bits per heavy atom. The van der Waals surface area contributed by atoms with Crippen LogP contribution in [-0.4, -0.2) is 41.8 Å². The molecule has 49 heavy (non-hydrogen) atoms. The van der Waals surface area contributed by atoms with Gasteiger partial charge in [-0.2, -0.15) is 11.8 Å². The minimum Gasteiger partial charge on any atom is -0.507 e. The van der Waals surface area contributed by atoms with Crippen molar-refractivity contribution in [3.05, 3.63) is 28.8 Å². The molecule has 0 aliphatic carbocycles. The van der Waals surface area contributed by atoms with E-state index in [1.54, 1.807) is 11.8 Å². The number of carbonyl (C=O) groups is 2. The van der Waals surface area contributed by atoms with Crippen LogP contribution in [-0.2, 0) is 36.3 Å². The van der Waals surface area contributed by atoms with Crippen molar-refractivity contribution in [1.82, 2.24) is 0 Å². The molecule has 0 aromatic heterocycles. The summed E-state index contributed by atoms with van der Waals surface area (Å²) in [6, 6.07) is 4.35. The number of aryl methyl sites for hydroxylation is 1. The summed E-state index contributed by atoms with van der Waals surface area (Å²) in [5.41, 5.74) is 3.08. The molecule has 0 unspecified atom stereocenters. The maximum Gasteiger partial charge on any atom is 0.305 e. The number of thioether (sulfide) groups is 1. The molecular formula is C43H76O5S. The molecule has 6 heteroatoms. The number of rotatable bonds is 29. The first-order valence-corrected chi connectivity index (χ1v) is 21.3. The molecular weight excluding hydrogens is 629 g/mol. The van der Waals surface area contributed by atoms with Gasteiger partial charge in [-0.3, -0.25) is 9.59 Å². The van der Waals surface area contributed by atoms with Gasteiger partial charge in [-0.15, -0.1) is 0 Å². The lowest BCUT2D eigenvalue weighted by molar-refractivity contribution is -0.143. The Balaban J connectivity index is 1.96. The number of hydrogen-bond donors (Lipinski definition) is 1. The van der Waals surface area contributed by atoms with Gasteiger partial charge in [0.05, 0.1) is 0 Å². The second-order valence-electron chi connectivity index (χ2n) is 16.2. The Labute approximate surface area is 306 Å². The molecule has 0 atom stereocenters. The number of phenolic OH excluding ortho intramolecular Hbond substituents is 1. The van der Waals surface area contributed by atoms with Crippen LogP contribution in [0.4, 0.5) is 0 Å². The zero-order valence-electron chi connectivity index (χ0n) is 33.0. The minimum absolute atomic E-state index is 0.0888. The maximum absolute atomic E-state index is 12.1. The van der Waals surface area contributed by atoms with E-state index in [9.17, 15) is 14.7 Å². The lowest BCUT2D eigenvalue weighted by Crippen LogP contribution is -2.18. The Morgan fingerprint density at radius 2 is 0.918 bits per heavy atom. The van der Waals surface area contributed by atoms with Crippen molar-refractivity contribution in [3.63, 3.8) is 0 Å². The van der Waals surface area contributed by atoms with Gasteiger partial charge < -0.3 is 14.6 Å². The van der Waals surface area contributed by atoms with Crippen molar-refractivity contribution in [2.45, 2.75) is 201 Å². The number of ether oxygens (including phenoxy) is 2. The average molecular weight is 705 g/mol. The lowest BCUT2D eigenvalue weighted by Gasteiger charge is -2.28. The van der Waals surface area contributed by atoms with E-state index in [1.807, 2.05) is 0 Å². The first-order chi connectivity index (χ1) is 23.4. The predicted molar refractivity (Wildman–Crippen MR) is 211 cm³/mol. The van der Waals surface area contributed by atoms with Crippen LogP contribution < -0.4 is 0 Å². The topological polar surface area (TPSA) is 72.8 Å². The Kier molecular flexibility index (Phi) is 25.0. The number of hydrogen-bond acceptors (Lipinski definition) is 6. The second-order valence-corrected chi connectivity index (χ2v) is 17.4. The molecule has 0 spiro atoms. The summed E-state index contributed by atoms with van der Waals surface area (Å²) < 4.78 is 10.8. The van der Waals surface area contributed by atoms with Crippen molar-refractivity contribution in [3.8, 4) is 5.75 Å². The van der Waals surface area contributed by atoms with Crippen LogP contribution in [0.3, 0.4) is 0 Å². The highest BCUT2D eigenvalue weighted by Gasteiger charge is 2.26. The van der Waals surface area contributed by atoms with Crippen LogP contribution in [0, 0.1) is 0 Å². The number of benzene rings is 1. The highest BCUT2D eigenvalue weighted by atomic mass is 32.2. The van der Waals surface area contributed by atoms with Crippen LogP contribution in [0.5, 0.6) is 5.75 Å². The highest BCUT2D eigenvalue weighted by Crippen LogP contribution is 2.40. The summed E-state index contributed by atoms with van der Waals surface area (Å²) in [6.45, 7) is 16.0. The van der Waals surface area contributed by atoms with Crippen molar-refractivity contribution < 1.29 is 24.2 Å². The van der Waals surface area contributed by atoms with E-state index >= 15 is 0 Å². The summed E-state index contributed by atoms with van der Waals surface area (Å²) in [4.78, 5) is 24.1. The molecule has 0 saturated heterocycles. The fraction of sp³-hybridized carbons (Fsp3) is 0.814. The minimum atomic E-state index is -0.126. The zero-order valence-corrected chi connectivity index (χ0v) is 33.8. The normalized spacial score (nSPS) is 12.0. The number of esters is 2. The van der Waals surface area contributed by atoms with Crippen molar-refractivity contribution in [2.24, 2.45) is 0 Å². The molecule has 0 fully saturated rings. The average Bonchev–Trinajstić information content (AvgIpc) is 3.03. The van der Waals surface area contributed by atoms with E-state index in [1.165, 1.54) is 89.0 Å². The molecule has 0 saturated carbocycles. The Bertz CT molecular complexity index is 971. The van der Waals surface area contributed by atoms with E-state index in [2.05, 4.69) is 60.6 Å². The smallest absolute Gasteiger partial charge is 0.305 e. The molecule has 284 valence electrons. The quantitative estimate of drug-likeness (QED) is 0.0661. The molecule has 0 aliphatic heterocycles. The summed E-state index contributed by atoms with van der Waals surface area (Å²) in [5.74, 6) is 1.68. The van der Waals surface area contributed by atoms with Gasteiger partial charge in [0.15, 0.2) is 0 Å². The Morgan fingerprint density at radius 1 is 0.571 bits per heavy atom. The van der Waals surface area contributed by atoms with Crippen molar-refractivity contribution in [2.75, 3.05) is 24.7 Å². The van der Waals surface area contributed by atoms with Gasteiger partial charge in [0, 0.05) is 24.3 Å². The first kappa shape index (κ1) is 45.3. The van der Waals surface area contributed by atoms with E-state index in [-0.39, 0.29) is 22.8 Å². The molecule has 1 aromatic rings. The predicted octanol–water partition coefficient (Wildman–Crippen LogP) is 12.6. The summed E-state index contributed by atoms with van der Waals surface area (Å²) in [7, 11) is 0. The number of aromatic hydroxyl groups is 1. The van der Waals surface area contributed by atoms with Crippen LogP contribution in [0.1, 0.15) is 200 Å².